The Hall–Kier alpha value is -1.36. The first-order valence-corrected chi connectivity index (χ1v) is 6.67. The van der Waals surface area contributed by atoms with Gasteiger partial charge < -0.3 is 15.8 Å². The number of anilines is 2. The van der Waals surface area contributed by atoms with Crippen LogP contribution in [0.1, 0.15) is 39.5 Å². The van der Waals surface area contributed by atoms with E-state index in [9.17, 15) is 0 Å². The average Bonchev–Trinajstić information content (AvgIpc) is 2.41. The van der Waals surface area contributed by atoms with E-state index in [-0.39, 0.29) is 5.60 Å². The molecule has 0 bridgehead atoms. The van der Waals surface area contributed by atoms with Crippen LogP contribution >= 0.6 is 0 Å². The van der Waals surface area contributed by atoms with Gasteiger partial charge in [0, 0.05) is 12.6 Å². The predicted octanol–water partition coefficient (Wildman–Crippen LogP) is 2.21. The summed E-state index contributed by atoms with van der Waals surface area (Å²) in [6, 6.07) is 4.04. The molecule has 1 unspecified atom stereocenters. The van der Waals surface area contributed by atoms with Crippen LogP contribution in [0.5, 0.6) is 0 Å². The number of rotatable bonds is 4. The van der Waals surface area contributed by atoms with Crippen molar-refractivity contribution in [3.63, 3.8) is 0 Å². The van der Waals surface area contributed by atoms with E-state index in [4.69, 9.17) is 10.5 Å². The summed E-state index contributed by atoms with van der Waals surface area (Å²) in [4.78, 5) is 0. The molecule has 0 spiro atoms. The highest BCUT2D eigenvalue weighted by atomic mass is 16.5. The molecule has 1 aromatic rings. The summed E-state index contributed by atoms with van der Waals surface area (Å²) in [5, 5.41) is 11.3. The van der Waals surface area contributed by atoms with Crippen LogP contribution in [-0.2, 0) is 4.74 Å². The fourth-order valence-electron chi connectivity index (χ4n) is 2.52. The number of nitrogens with one attached hydrogen (secondary N) is 1. The highest BCUT2D eigenvalue weighted by Crippen LogP contribution is 2.32. The lowest BCUT2D eigenvalue weighted by atomic mass is 9.86. The van der Waals surface area contributed by atoms with Crippen molar-refractivity contribution in [2.75, 3.05) is 17.7 Å². The van der Waals surface area contributed by atoms with Gasteiger partial charge in [-0.25, -0.2) is 0 Å². The second-order valence-corrected chi connectivity index (χ2v) is 4.92. The van der Waals surface area contributed by atoms with Gasteiger partial charge in [0.25, 0.3) is 0 Å². The van der Waals surface area contributed by atoms with Gasteiger partial charge in [-0.05, 0) is 37.8 Å². The molecule has 0 radical (unpaired) electrons. The summed E-state index contributed by atoms with van der Waals surface area (Å²) < 4.78 is 5.95. The molecule has 0 aliphatic carbocycles. The van der Waals surface area contributed by atoms with Crippen LogP contribution in [-0.4, -0.2) is 28.4 Å². The molecule has 1 aromatic heterocycles. The highest BCUT2D eigenvalue weighted by Gasteiger charge is 2.34. The van der Waals surface area contributed by atoms with Gasteiger partial charge in [-0.3, -0.25) is 0 Å². The maximum Gasteiger partial charge on any atom is 0.149 e. The quantitative estimate of drug-likeness (QED) is 0.857. The molecule has 1 fully saturated rings. The third-order valence-corrected chi connectivity index (χ3v) is 3.82. The van der Waals surface area contributed by atoms with Gasteiger partial charge in [0.2, 0.25) is 0 Å². The zero-order chi connectivity index (χ0) is 13.0. The largest absolute Gasteiger partial charge is 0.382 e. The monoisotopic (exact) mass is 250 g/mol. The molecule has 1 aliphatic heterocycles. The Bertz CT molecular complexity index is 375. The SMILES string of the molecule is CCC1(CC)CC(Nc2ccc(N)nn2)CCO1. The maximum absolute atomic E-state index is 5.95. The summed E-state index contributed by atoms with van der Waals surface area (Å²) in [5.74, 6) is 1.24. The van der Waals surface area contributed by atoms with Gasteiger partial charge in [0.1, 0.15) is 11.6 Å². The van der Waals surface area contributed by atoms with Crippen LogP contribution in [0.2, 0.25) is 0 Å². The van der Waals surface area contributed by atoms with Crippen molar-refractivity contribution in [2.45, 2.75) is 51.2 Å². The summed E-state index contributed by atoms with van der Waals surface area (Å²) in [7, 11) is 0. The second-order valence-electron chi connectivity index (χ2n) is 4.92. The van der Waals surface area contributed by atoms with Crippen molar-refractivity contribution < 1.29 is 4.74 Å². The molecule has 0 saturated carbocycles. The Morgan fingerprint density at radius 2 is 2.17 bits per heavy atom. The zero-order valence-electron chi connectivity index (χ0n) is 11.1. The summed E-state index contributed by atoms with van der Waals surface area (Å²) in [6.07, 6.45) is 4.13. The van der Waals surface area contributed by atoms with Gasteiger partial charge in [0.15, 0.2) is 0 Å². The molecule has 100 valence electrons. The van der Waals surface area contributed by atoms with Gasteiger partial charge in [-0.2, -0.15) is 0 Å². The number of hydrogen-bond acceptors (Lipinski definition) is 5. The average molecular weight is 250 g/mol. The van der Waals surface area contributed by atoms with E-state index in [1.807, 2.05) is 6.07 Å². The molecule has 0 aromatic carbocycles. The first-order valence-electron chi connectivity index (χ1n) is 6.67. The van der Waals surface area contributed by atoms with Gasteiger partial charge in [0.05, 0.1) is 5.60 Å². The standard InChI is InChI=1S/C13H22N4O/c1-3-13(4-2)9-10(7-8-18-13)15-12-6-5-11(14)16-17-12/h5-6,10H,3-4,7-9H2,1-2H3,(H2,14,16)(H,15,17). The topological polar surface area (TPSA) is 73.1 Å². The van der Waals surface area contributed by atoms with Crippen molar-refractivity contribution in [1.29, 1.82) is 0 Å². The molecule has 2 heterocycles. The van der Waals surface area contributed by atoms with Gasteiger partial charge in [-0.15, -0.1) is 10.2 Å². The van der Waals surface area contributed by atoms with Crippen LogP contribution < -0.4 is 11.1 Å². The van der Waals surface area contributed by atoms with E-state index >= 15 is 0 Å². The minimum atomic E-state index is 0.0250. The molecule has 1 saturated heterocycles. The summed E-state index contributed by atoms with van der Waals surface area (Å²) in [5.41, 5.74) is 5.55. The summed E-state index contributed by atoms with van der Waals surface area (Å²) >= 11 is 0. The molecule has 3 N–H and O–H groups in total. The Morgan fingerprint density at radius 3 is 2.78 bits per heavy atom. The third-order valence-electron chi connectivity index (χ3n) is 3.82. The minimum Gasteiger partial charge on any atom is -0.382 e. The zero-order valence-corrected chi connectivity index (χ0v) is 11.1. The Morgan fingerprint density at radius 1 is 1.39 bits per heavy atom. The first-order chi connectivity index (χ1) is 8.67. The number of ether oxygens (including phenoxy) is 1. The number of nitrogens with two attached hydrogens (primary N) is 1. The van der Waals surface area contributed by atoms with E-state index in [1.165, 1.54) is 0 Å². The molecular weight excluding hydrogens is 228 g/mol. The van der Waals surface area contributed by atoms with Crippen molar-refractivity contribution in [1.82, 2.24) is 10.2 Å². The van der Waals surface area contributed by atoms with Gasteiger partial charge >= 0.3 is 0 Å². The number of nitrogen functional groups attached to an aromatic ring is 1. The lowest BCUT2D eigenvalue weighted by molar-refractivity contribution is -0.0864. The van der Waals surface area contributed by atoms with Crippen LogP contribution in [0, 0.1) is 0 Å². The van der Waals surface area contributed by atoms with Crippen molar-refractivity contribution >= 4 is 11.6 Å². The summed E-state index contributed by atoms with van der Waals surface area (Å²) in [6.45, 7) is 5.19. The Kier molecular flexibility index (Phi) is 4.01. The van der Waals surface area contributed by atoms with Crippen LogP contribution in [0.25, 0.3) is 0 Å². The fourth-order valence-corrected chi connectivity index (χ4v) is 2.52. The highest BCUT2D eigenvalue weighted by molar-refractivity contribution is 5.39. The number of aromatic nitrogens is 2. The minimum absolute atomic E-state index is 0.0250. The number of nitrogens with zero attached hydrogens (tertiary/aromatic N) is 2. The van der Waals surface area contributed by atoms with E-state index in [1.54, 1.807) is 6.07 Å². The Labute approximate surface area is 108 Å². The lowest BCUT2D eigenvalue weighted by Gasteiger charge is -2.40. The molecule has 1 aliphatic rings. The van der Waals surface area contributed by atoms with E-state index in [2.05, 4.69) is 29.4 Å². The fraction of sp³-hybridized carbons (Fsp3) is 0.692. The molecule has 0 amide bonds. The van der Waals surface area contributed by atoms with Crippen LogP contribution in [0.15, 0.2) is 12.1 Å². The molecule has 2 rings (SSSR count). The molecule has 18 heavy (non-hydrogen) atoms. The van der Waals surface area contributed by atoms with Crippen molar-refractivity contribution in [2.24, 2.45) is 0 Å². The molecule has 5 heteroatoms. The van der Waals surface area contributed by atoms with Crippen molar-refractivity contribution in [3.05, 3.63) is 12.1 Å². The lowest BCUT2D eigenvalue weighted by Crippen LogP contribution is -2.43. The normalized spacial score (nSPS) is 22.7. The van der Waals surface area contributed by atoms with E-state index in [0.717, 1.165) is 38.1 Å². The molecule has 1 atom stereocenters. The van der Waals surface area contributed by atoms with Gasteiger partial charge in [-0.1, -0.05) is 13.8 Å². The molecular formula is C13H22N4O. The second kappa shape index (κ2) is 5.52. The Balaban J connectivity index is 1.99. The van der Waals surface area contributed by atoms with Crippen molar-refractivity contribution in [3.8, 4) is 0 Å². The smallest absolute Gasteiger partial charge is 0.149 e. The van der Waals surface area contributed by atoms with Crippen LogP contribution in [0.3, 0.4) is 0 Å². The van der Waals surface area contributed by atoms with E-state index in [0.29, 0.717) is 11.9 Å². The third kappa shape index (κ3) is 2.90. The number of hydrogen-bond donors (Lipinski definition) is 2. The molecule has 5 nitrogen and oxygen atoms in total. The maximum atomic E-state index is 5.95. The van der Waals surface area contributed by atoms with Crippen LogP contribution in [0.4, 0.5) is 11.6 Å². The first kappa shape index (κ1) is 13.1. The van der Waals surface area contributed by atoms with E-state index < -0.39 is 0 Å². The predicted molar refractivity (Wildman–Crippen MR) is 72.4 cm³/mol.